The minimum absolute atomic E-state index is 0.0332. The van der Waals surface area contributed by atoms with E-state index < -0.39 is 0 Å². The van der Waals surface area contributed by atoms with Crippen molar-refractivity contribution in [1.82, 2.24) is 9.88 Å². The van der Waals surface area contributed by atoms with Gasteiger partial charge in [0.25, 0.3) is 0 Å². The molecule has 20 heavy (non-hydrogen) atoms. The number of rotatable bonds is 3. The van der Waals surface area contributed by atoms with Gasteiger partial charge in [-0.3, -0.25) is 9.69 Å². The Morgan fingerprint density at radius 2 is 2.20 bits per heavy atom. The molecule has 1 aliphatic heterocycles. The van der Waals surface area contributed by atoms with E-state index >= 15 is 0 Å². The van der Waals surface area contributed by atoms with Gasteiger partial charge in [-0.15, -0.1) is 0 Å². The zero-order valence-electron chi connectivity index (χ0n) is 12.8. The van der Waals surface area contributed by atoms with Crippen LogP contribution in [0.1, 0.15) is 52.2 Å². The van der Waals surface area contributed by atoms with E-state index in [1.807, 2.05) is 0 Å². The first-order valence-corrected chi connectivity index (χ1v) is 7.26. The number of nitrogens with two attached hydrogens (primary N) is 1. The van der Waals surface area contributed by atoms with Crippen LogP contribution in [0.25, 0.3) is 0 Å². The van der Waals surface area contributed by atoms with Gasteiger partial charge in [-0.2, -0.15) is 0 Å². The van der Waals surface area contributed by atoms with E-state index in [4.69, 9.17) is 10.2 Å². The van der Waals surface area contributed by atoms with Gasteiger partial charge in [-0.1, -0.05) is 20.8 Å². The number of oxazole rings is 1. The van der Waals surface area contributed by atoms with Crippen molar-refractivity contribution in [2.45, 2.75) is 58.5 Å². The lowest BCUT2D eigenvalue weighted by atomic mass is 9.93. The molecule has 0 radical (unpaired) electrons. The molecule has 1 aromatic rings. The van der Waals surface area contributed by atoms with Crippen molar-refractivity contribution < 1.29 is 9.21 Å². The number of amides is 1. The first-order valence-electron chi connectivity index (χ1n) is 7.26. The quantitative estimate of drug-likeness (QED) is 0.919. The standard InChI is InChI=1S/C15H25N3O2/c1-10-5-6-11(14(16)19)8-18(10)9-13-17-7-12(20-13)15(2,3)4/h7,10-11H,5-6,8-9H2,1-4H3,(H2,16,19)/t10-,11-/m0/s1. The number of carbonyl (C=O) groups is 1. The Bertz CT molecular complexity index is 476. The van der Waals surface area contributed by atoms with Crippen LogP contribution in [-0.2, 0) is 16.8 Å². The monoisotopic (exact) mass is 279 g/mol. The van der Waals surface area contributed by atoms with Crippen molar-refractivity contribution >= 4 is 5.91 Å². The fourth-order valence-corrected chi connectivity index (χ4v) is 2.54. The summed E-state index contributed by atoms with van der Waals surface area (Å²) in [6, 6.07) is 0.426. The molecule has 112 valence electrons. The fourth-order valence-electron chi connectivity index (χ4n) is 2.54. The highest BCUT2D eigenvalue weighted by Gasteiger charge is 2.29. The summed E-state index contributed by atoms with van der Waals surface area (Å²) in [5, 5.41) is 0. The summed E-state index contributed by atoms with van der Waals surface area (Å²) in [7, 11) is 0. The number of aromatic nitrogens is 1. The highest BCUT2D eigenvalue weighted by atomic mass is 16.4. The zero-order valence-corrected chi connectivity index (χ0v) is 12.8. The molecule has 2 rings (SSSR count). The first-order chi connectivity index (χ1) is 9.27. The molecule has 1 amide bonds. The number of piperidine rings is 1. The number of hydrogen-bond donors (Lipinski definition) is 1. The highest BCUT2D eigenvalue weighted by Crippen LogP contribution is 2.26. The molecular weight excluding hydrogens is 254 g/mol. The Morgan fingerprint density at radius 1 is 1.50 bits per heavy atom. The number of primary amides is 1. The van der Waals surface area contributed by atoms with Gasteiger partial charge in [0.05, 0.1) is 18.7 Å². The lowest BCUT2D eigenvalue weighted by molar-refractivity contribution is -0.124. The lowest BCUT2D eigenvalue weighted by Crippen LogP contribution is -2.45. The average Bonchev–Trinajstić information content (AvgIpc) is 2.80. The molecule has 0 spiro atoms. The van der Waals surface area contributed by atoms with Gasteiger partial charge >= 0.3 is 0 Å². The Morgan fingerprint density at radius 3 is 2.75 bits per heavy atom. The predicted octanol–water partition coefficient (Wildman–Crippen LogP) is 2.06. The van der Waals surface area contributed by atoms with Crippen LogP contribution in [0.15, 0.2) is 10.6 Å². The third kappa shape index (κ3) is 3.39. The smallest absolute Gasteiger partial charge is 0.221 e. The van der Waals surface area contributed by atoms with Crippen LogP contribution in [0, 0.1) is 5.92 Å². The molecule has 1 saturated heterocycles. The van der Waals surface area contributed by atoms with E-state index in [1.165, 1.54) is 0 Å². The van der Waals surface area contributed by atoms with Crippen molar-refractivity contribution in [2.24, 2.45) is 11.7 Å². The molecule has 0 bridgehead atoms. The number of hydrogen-bond acceptors (Lipinski definition) is 4. The zero-order chi connectivity index (χ0) is 14.9. The second-order valence-corrected chi connectivity index (χ2v) is 6.82. The molecule has 5 nitrogen and oxygen atoms in total. The molecule has 2 N–H and O–H groups in total. The average molecular weight is 279 g/mol. The summed E-state index contributed by atoms with van der Waals surface area (Å²) in [5.41, 5.74) is 5.39. The Hall–Kier alpha value is -1.36. The van der Waals surface area contributed by atoms with Crippen molar-refractivity contribution in [1.29, 1.82) is 0 Å². The van der Waals surface area contributed by atoms with Crippen molar-refractivity contribution in [2.75, 3.05) is 6.54 Å². The third-order valence-corrected chi connectivity index (χ3v) is 4.04. The first kappa shape index (κ1) is 15.0. The van der Waals surface area contributed by atoms with Crippen molar-refractivity contribution in [3.05, 3.63) is 17.8 Å². The van der Waals surface area contributed by atoms with E-state index in [1.54, 1.807) is 6.20 Å². The minimum Gasteiger partial charge on any atom is -0.444 e. The van der Waals surface area contributed by atoms with Crippen LogP contribution in [-0.4, -0.2) is 28.4 Å². The maximum atomic E-state index is 11.4. The van der Waals surface area contributed by atoms with Crippen molar-refractivity contribution in [3.8, 4) is 0 Å². The van der Waals surface area contributed by atoms with E-state index in [2.05, 4.69) is 37.6 Å². The second kappa shape index (κ2) is 5.56. The lowest BCUT2D eigenvalue weighted by Gasteiger charge is -2.35. The molecule has 0 aliphatic carbocycles. The third-order valence-electron chi connectivity index (χ3n) is 4.04. The molecule has 2 heterocycles. The second-order valence-electron chi connectivity index (χ2n) is 6.82. The van der Waals surface area contributed by atoms with Crippen LogP contribution in [0.2, 0.25) is 0 Å². The molecule has 1 aliphatic rings. The van der Waals surface area contributed by atoms with Crippen LogP contribution in [0.4, 0.5) is 0 Å². The van der Waals surface area contributed by atoms with Crippen LogP contribution in [0.5, 0.6) is 0 Å². The molecule has 1 fully saturated rings. The normalized spacial score (nSPS) is 24.8. The van der Waals surface area contributed by atoms with Gasteiger partial charge in [-0.05, 0) is 19.8 Å². The van der Waals surface area contributed by atoms with Gasteiger partial charge in [-0.25, -0.2) is 4.98 Å². The summed E-state index contributed by atoms with van der Waals surface area (Å²) in [4.78, 5) is 17.9. The van der Waals surface area contributed by atoms with Crippen LogP contribution < -0.4 is 5.73 Å². The number of nitrogens with zero attached hydrogens (tertiary/aromatic N) is 2. The molecule has 0 saturated carbocycles. The number of carbonyl (C=O) groups excluding carboxylic acids is 1. The topological polar surface area (TPSA) is 72.4 Å². The van der Waals surface area contributed by atoms with E-state index in [0.29, 0.717) is 25.0 Å². The summed E-state index contributed by atoms with van der Waals surface area (Å²) in [5.74, 6) is 1.35. The van der Waals surface area contributed by atoms with Crippen LogP contribution in [0.3, 0.4) is 0 Å². The van der Waals surface area contributed by atoms with E-state index in [0.717, 1.165) is 18.6 Å². The molecule has 0 unspecified atom stereocenters. The van der Waals surface area contributed by atoms with Crippen LogP contribution >= 0.6 is 0 Å². The van der Waals surface area contributed by atoms with Crippen molar-refractivity contribution in [3.63, 3.8) is 0 Å². The van der Waals surface area contributed by atoms with Gasteiger partial charge in [0.1, 0.15) is 5.76 Å². The molecular formula is C15H25N3O2. The largest absolute Gasteiger partial charge is 0.444 e. The molecule has 2 atom stereocenters. The van der Waals surface area contributed by atoms with Gasteiger partial charge < -0.3 is 10.2 Å². The Balaban J connectivity index is 2.04. The molecule has 1 aromatic heterocycles. The summed E-state index contributed by atoms with van der Waals surface area (Å²) in [6.07, 6.45) is 3.67. The highest BCUT2D eigenvalue weighted by molar-refractivity contribution is 5.76. The molecule has 5 heteroatoms. The Labute approximate surface area is 120 Å². The van der Waals surface area contributed by atoms with Gasteiger partial charge in [0.15, 0.2) is 0 Å². The van der Waals surface area contributed by atoms with E-state index in [9.17, 15) is 4.79 Å². The molecule has 0 aromatic carbocycles. The fraction of sp³-hybridized carbons (Fsp3) is 0.733. The minimum atomic E-state index is -0.204. The summed E-state index contributed by atoms with van der Waals surface area (Å²) in [6.45, 7) is 9.81. The Kier molecular flexibility index (Phi) is 4.18. The maximum absolute atomic E-state index is 11.4. The van der Waals surface area contributed by atoms with Gasteiger partial charge in [0, 0.05) is 18.0 Å². The van der Waals surface area contributed by atoms with Gasteiger partial charge in [0.2, 0.25) is 11.8 Å². The summed E-state index contributed by atoms with van der Waals surface area (Å²) < 4.78 is 5.83. The summed E-state index contributed by atoms with van der Waals surface area (Å²) >= 11 is 0. The number of likely N-dealkylation sites (tertiary alicyclic amines) is 1. The maximum Gasteiger partial charge on any atom is 0.221 e. The van der Waals surface area contributed by atoms with E-state index in [-0.39, 0.29) is 17.2 Å². The SMILES string of the molecule is C[C@H]1CC[C@H](C(N)=O)CN1Cc1ncc(C(C)(C)C)o1. The predicted molar refractivity (Wildman–Crippen MR) is 77.0 cm³/mol.